The van der Waals surface area contributed by atoms with Gasteiger partial charge >= 0.3 is 0 Å². The van der Waals surface area contributed by atoms with Gasteiger partial charge in [-0.05, 0) is 43.7 Å². The largest absolute Gasteiger partial charge is 0.368 e. The number of aromatic nitrogens is 2. The molecule has 0 atom stereocenters. The molecule has 0 bridgehead atoms. The van der Waals surface area contributed by atoms with E-state index in [0.717, 1.165) is 41.8 Å². The highest BCUT2D eigenvalue weighted by molar-refractivity contribution is 7.18. The van der Waals surface area contributed by atoms with Gasteiger partial charge in [-0.25, -0.2) is 9.97 Å². The van der Waals surface area contributed by atoms with Crippen molar-refractivity contribution in [3.05, 3.63) is 46.1 Å². The molecular weight excluding hydrogens is 340 g/mol. The summed E-state index contributed by atoms with van der Waals surface area (Å²) in [5.41, 5.74) is 2.54. The van der Waals surface area contributed by atoms with Crippen LogP contribution in [0.4, 0.5) is 11.5 Å². The Morgan fingerprint density at radius 1 is 0.958 bits per heavy atom. The summed E-state index contributed by atoms with van der Waals surface area (Å²) in [5.74, 6) is 1.08. The SMILES string of the molecule is Cc1sc2ncnc(N3CCN(c4ccc(Cl)cc4)CC3)c2c1C. The summed E-state index contributed by atoms with van der Waals surface area (Å²) in [5, 5.41) is 2.00. The summed E-state index contributed by atoms with van der Waals surface area (Å²) in [6.45, 7) is 8.21. The van der Waals surface area contributed by atoms with E-state index in [2.05, 4.69) is 45.7 Å². The van der Waals surface area contributed by atoms with E-state index in [0.29, 0.717) is 0 Å². The lowest BCUT2D eigenvalue weighted by molar-refractivity contribution is 0.649. The molecule has 124 valence electrons. The molecule has 0 N–H and O–H groups in total. The van der Waals surface area contributed by atoms with Gasteiger partial charge in [0, 0.05) is 41.8 Å². The maximum Gasteiger partial charge on any atom is 0.141 e. The lowest BCUT2D eigenvalue weighted by atomic mass is 10.2. The van der Waals surface area contributed by atoms with Crippen molar-refractivity contribution in [2.45, 2.75) is 13.8 Å². The van der Waals surface area contributed by atoms with Crippen LogP contribution in [0.1, 0.15) is 10.4 Å². The van der Waals surface area contributed by atoms with Gasteiger partial charge in [0.1, 0.15) is 17.0 Å². The fourth-order valence-electron chi connectivity index (χ4n) is 3.23. The molecule has 0 saturated carbocycles. The van der Waals surface area contributed by atoms with Crippen LogP contribution in [-0.2, 0) is 0 Å². The smallest absolute Gasteiger partial charge is 0.141 e. The molecule has 1 aliphatic heterocycles. The monoisotopic (exact) mass is 358 g/mol. The van der Waals surface area contributed by atoms with E-state index in [9.17, 15) is 0 Å². The van der Waals surface area contributed by atoms with Crippen LogP contribution in [0.3, 0.4) is 0 Å². The molecule has 1 aromatic carbocycles. The van der Waals surface area contributed by atoms with Gasteiger partial charge in [0.2, 0.25) is 0 Å². The van der Waals surface area contributed by atoms with Crippen LogP contribution in [-0.4, -0.2) is 36.1 Å². The number of benzene rings is 1. The van der Waals surface area contributed by atoms with E-state index in [1.807, 2.05) is 12.1 Å². The Bertz CT molecular complexity index is 867. The number of piperazine rings is 1. The lowest BCUT2D eigenvalue weighted by Crippen LogP contribution is -2.46. The number of anilines is 2. The molecule has 24 heavy (non-hydrogen) atoms. The van der Waals surface area contributed by atoms with Crippen molar-refractivity contribution < 1.29 is 0 Å². The van der Waals surface area contributed by atoms with Crippen molar-refractivity contribution in [3.8, 4) is 0 Å². The van der Waals surface area contributed by atoms with Crippen molar-refractivity contribution in [3.63, 3.8) is 0 Å². The van der Waals surface area contributed by atoms with Crippen molar-refractivity contribution in [1.29, 1.82) is 0 Å². The number of halogens is 1. The minimum Gasteiger partial charge on any atom is -0.368 e. The maximum atomic E-state index is 5.99. The predicted octanol–water partition coefficient (Wildman–Crippen LogP) is 4.29. The van der Waals surface area contributed by atoms with Crippen LogP contribution in [0.25, 0.3) is 10.2 Å². The van der Waals surface area contributed by atoms with Crippen LogP contribution in [0, 0.1) is 13.8 Å². The molecule has 6 heteroatoms. The summed E-state index contributed by atoms with van der Waals surface area (Å²) >= 11 is 7.74. The molecule has 3 heterocycles. The third kappa shape index (κ3) is 2.72. The number of nitrogens with zero attached hydrogens (tertiary/aromatic N) is 4. The second kappa shape index (κ2) is 6.22. The molecular formula is C18H19ClN4S. The summed E-state index contributed by atoms with van der Waals surface area (Å²) in [7, 11) is 0. The summed E-state index contributed by atoms with van der Waals surface area (Å²) in [4.78, 5) is 16.2. The van der Waals surface area contributed by atoms with E-state index >= 15 is 0 Å². The molecule has 3 aromatic rings. The van der Waals surface area contributed by atoms with Crippen LogP contribution in [0.5, 0.6) is 0 Å². The Balaban J connectivity index is 1.57. The van der Waals surface area contributed by atoms with Crippen molar-refractivity contribution >= 4 is 44.7 Å². The lowest BCUT2D eigenvalue weighted by Gasteiger charge is -2.37. The molecule has 0 radical (unpaired) electrons. The quantitative estimate of drug-likeness (QED) is 0.684. The highest BCUT2D eigenvalue weighted by atomic mass is 35.5. The maximum absolute atomic E-state index is 5.99. The molecule has 1 fully saturated rings. The predicted molar refractivity (Wildman–Crippen MR) is 103 cm³/mol. The van der Waals surface area contributed by atoms with E-state index in [-0.39, 0.29) is 0 Å². The second-order valence-electron chi connectivity index (χ2n) is 6.11. The van der Waals surface area contributed by atoms with Crippen LogP contribution in [0.15, 0.2) is 30.6 Å². The Morgan fingerprint density at radius 3 is 2.33 bits per heavy atom. The number of aryl methyl sites for hydroxylation is 2. The van der Waals surface area contributed by atoms with Gasteiger partial charge in [0.05, 0.1) is 5.39 Å². The molecule has 2 aromatic heterocycles. The number of hydrogen-bond acceptors (Lipinski definition) is 5. The summed E-state index contributed by atoms with van der Waals surface area (Å²) < 4.78 is 0. The van der Waals surface area contributed by atoms with Gasteiger partial charge in [-0.15, -0.1) is 11.3 Å². The first-order valence-corrected chi connectivity index (χ1v) is 9.29. The first-order chi connectivity index (χ1) is 11.6. The fourth-order valence-corrected chi connectivity index (χ4v) is 4.35. The van der Waals surface area contributed by atoms with Crippen LogP contribution in [0.2, 0.25) is 5.02 Å². The van der Waals surface area contributed by atoms with Gasteiger partial charge in [-0.2, -0.15) is 0 Å². The van der Waals surface area contributed by atoms with Crippen molar-refractivity contribution in [2.24, 2.45) is 0 Å². The zero-order chi connectivity index (χ0) is 16.7. The molecule has 4 nitrogen and oxygen atoms in total. The average molecular weight is 359 g/mol. The number of fused-ring (bicyclic) bond motifs is 1. The van der Waals surface area contributed by atoms with E-state index < -0.39 is 0 Å². The summed E-state index contributed by atoms with van der Waals surface area (Å²) in [6.07, 6.45) is 1.69. The standard InChI is InChI=1S/C18H19ClN4S/c1-12-13(2)24-18-16(12)17(20-11-21-18)23-9-7-22(8-10-23)15-5-3-14(19)4-6-15/h3-6,11H,7-10H2,1-2H3. The van der Waals surface area contributed by atoms with Gasteiger partial charge in [-0.3, -0.25) is 0 Å². The molecule has 0 amide bonds. The number of hydrogen-bond donors (Lipinski definition) is 0. The van der Waals surface area contributed by atoms with Gasteiger partial charge in [0.25, 0.3) is 0 Å². The normalized spacial score (nSPS) is 15.3. The Morgan fingerprint density at radius 2 is 1.62 bits per heavy atom. The van der Waals surface area contributed by atoms with E-state index in [1.54, 1.807) is 17.7 Å². The molecule has 0 unspecified atom stereocenters. The number of rotatable bonds is 2. The third-order valence-corrected chi connectivity index (χ3v) is 6.08. The Labute approximate surface area is 150 Å². The van der Waals surface area contributed by atoms with Crippen LogP contribution >= 0.6 is 22.9 Å². The molecule has 0 spiro atoms. The molecule has 4 rings (SSSR count). The van der Waals surface area contributed by atoms with E-state index in [1.165, 1.54) is 21.5 Å². The Kier molecular flexibility index (Phi) is 4.06. The van der Waals surface area contributed by atoms with E-state index in [4.69, 9.17) is 11.6 Å². The fraction of sp³-hybridized carbons (Fsp3) is 0.333. The second-order valence-corrected chi connectivity index (χ2v) is 7.75. The van der Waals surface area contributed by atoms with Gasteiger partial charge < -0.3 is 9.80 Å². The topological polar surface area (TPSA) is 32.3 Å². The molecule has 1 aliphatic rings. The minimum absolute atomic E-state index is 0.782. The van der Waals surface area contributed by atoms with Gasteiger partial charge in [0.15, 0.2) is 0 Å². The highest BCUT2D eigenvalue weighted by Crippen LogP contribution is 2.34. The zero-order valence-electron chi connectivity index (χ0n) is 13.8. The first kappa shape index (κ1) is 15.7. The van der Waals surface area contributed by atoms with Gasteiger partial charge in [-0.1, -0.05) is 11.6 Å². The Hall–Kier alpha value is -1.85. The highest BCUT2D eigenvalue weighted by Gasteiger charge is 2.22. The number of thiophene rings is 1. The average Bonchev–Trinajstić information content (AvgIpc) is 2.90. The summed E-state index contributed by atoms with van der Waals surface area (Å²) in [6, 6.07) is 8.09. The molecule has 1 saturated heterocycles. The first-order valence-electron chi connectivity index (χ1n) is 8.09. The molecule has 0 aliphatic carbocycles. The van der Waals surface area contributed by atoms with Crippen molar-refractivity contribution in [2.75, 3.05) is 36.0 Å². The zero-order valence-corrected chi connectivity index (χ0v) is 15.4. The van der Waals surface area contributed by atoms with Crippen LogP contribution < -0.4 is 9.80 Å². The third-order valence-electron chi connectivity index (χ3n) is 4.72. The van der Waals surface area contributed by atoms with Crippen molar-refractivity contribution in [1.82, 2.24) is 9.97 Å². The minimum atomic E-state index is 0.782.